The average Bonchev–Trinajstić information content (AvgIpc) is 3.36. The molecule has 15 heteroatoms. The van der Waals surface area contributed by atoms with Crippen molar-refractivity contribution in [1.82, 2.24) is 25.9 Å². The zero-order chi connectivity index (χ0) is 27.5. The average molecular weight is 520 g/mol. The topological polar surface area (TPSA) is 257 Å². The highest BCUT2D eigenvalue weighted by Gasteiger charge is 2.31. The lowest BCUT2D eigenvalue weighted by Crippen LogP contribution is -2.58. The molecule has 4 unspecified atom stereocenters. The molecule has 15 nitrogen and oxygen atoms in total. The van der Waals surface area contributed by atoms with Gasteiger partial charge in [-0.2, -0.15) is 0 Å². The molecule has 0 saturated heterocycles. The van der Waals surface area contributed by atoms with Gasteiger partial charge in [0.15, 0.2) is 0 Å². The fourth-order valence-electron chi connectivity index (χ4n) is 3.18. The van der Waals surface area contributed by atoms with Crippen molar-refractivity contribution in [3.05, 3.63) is 48.0 Å². The van der Waals surface area contributed by atoms with Crippen molar-refractivity contribution in [2.24, 2.45) is 5.73 Å². The number of aromatic nitrogens is 2. The number of carbonyl (C=O) groups is 5. The van der Waals surface area contributed by atoms with E-state index in [0.29, 0.717) is 11.3 Å². The van der Waals surface area contributed by atoms with Crippen LogP contribution in [0.15, 0.2) is 36.8 Å². The maximum atomic E-state index is 13.2. The summed E-state index contributed by atoms with van der Waals surface area (Å²) in [4.78, 5) is 67.5. The largest absolute Gasteiger partial charge is 0.508 e. The lowest BCUT2D eigenvalue weighted by molar-refractivity contribution is -0.147. The first-order chi connectivity index (χ1) is 17.5. The van der Waals surface area contributed by atoms with Gasteiger partial charge < -0.3 is 47.1 Å². The van der Waals surface area contributed by atoms with Crippen molar-refractivity contribution >= 4 is 29.7 Å². The van der Waals surface area contributed by atoms with Gasteiger partial charge in [-0.05, 0) is 17.7 Å². The molecule has 0 aliphatic carbocycles. The number of carboxylic acids is 2. The predicted molar refractivity (Wildman–Crippen MR) is 125 cm³/mol. The summed E-state index contributed by atoms with van der Waals surface area (Å²) in [5, 5.41) is 43.8. The van der Waals surface area contributed by atoms with Crippen LogP contribution >= 0.6 is 0 Å². The highest BCUT2D eigenvalue weighted by Crippen LogP contribution is 2.12. The second kappa shape index (κ2) is 13.6. The number of imidazole rings is 1. The molecule has 2 aromatic rings. The molecule has 0 aliphatic rings. The number of aliphatic hydroxyl groups is 1. The maximum Gasteiger partial charge on any atom is 0.326 e. The van der Waals surface area contributed by atoms with Crippen LogP contribution in [0.5, 0.6) is 5.75 Å². The van der Waals surface area contributed by atoms with Gasteiger partial charge in [0, 0.05) is 24.7 Å². The fraction of sp³-hybridized carbons (Fsp3) is 0.364. The molecule has 37 heavy (non-hydrogen) atoms. The number of hydrogen-bond donors (Lipinski definition) is 9. The van der Waals surface area contributed by atoms with E-state index in [1.54, 1.807) is 0 Å². The summed E-state index contributed by atoms with van der Waals surface area (Å²) in [5.41, 5.74) is 6.44. The van der Waals surface area contributed by atoms with Gasteiger partial charge in [-0.3, -0.25) is 19.2 Å². The van der Waals surface area contributed by atoms with E-state index in [4.69, 9.17) is 15.9 Å². The van der Waals surface area contributed by atoms with Gasteiger partial charge in [0.2, 0.25) is 17.7 Å². The number of aliphatic hydroxyl groups excluding tert-OH is 1. The van der Waals surface area contributed by atoms with E-state index in [1.165, 1.54) is 36.8 Å². The van der Waals surface area contributed by atoms with Crippen LogP contribution in [-0.2, 0) is 36.8 Å². The molecule has 4 atom stereocenters. The highest BCUT2D eigenvalue weighted by molar-refractivity contribution is 5.94. The van der Waals surface area contributed by atoms with Gasteiger partial charge in [-0.15, -0.1) is 0 Å². The summed E-state index contributed by atoms with van der Waals surface area (Å²) >= 11 is 0. The normalized spacial score (nSPS) is 14.0. The predicted octanol–water partition coefficient (Wildman–Crippen LogP) is -2.77. The zero-order valence-corrected chi connectivity index (χ0v) is 19.5. The molecule has 1 aromatic heterocycles. The third-order valence-corrected chi connectivity index (χ3v) is 5.15. The van der Waals surface area contributed by atoms with Gasteiger partial charge in [-0.1, -0.05) is 12.1 Å². The lowest BCUT2D eigenvalue weighted by Gasteiger charge is -2.25. The van der Waals surface area contributed by atoms with Crippen LogP contribution < -0.4 is 21.7 Å². The van der Waals surface area contributed by atoms with E-state index in [1.807, 2.05) is 0 Å². The highest BCUT2D eigenvalue weighted by atomic mass is 16.4. The third-order valence-electron chi connectivity index (χ3n) is 5.15. The fourth-order valence-corrected chi connectivity index (χ4v) is 3.18. The molecule has 200 valence electrons. The van der Waals surface area contributed by atoms with Crippen LogP contribution in [0.3, 0.4) is 0 Å². The molecule has 1 aromatic carbocycles. The van der Waals surface area contributed by atoms with E-state index in [2.05, 4.69) is 25.9 Å². The molecule has 2 rings (SSSR count). The minimum absolute atomic E-state index is 0.0521. The maximum absolute atomic E-state index is 13.2. The Bertz CT molecular complexity index is 1090. The molecular weight excluding hydrogens is 492 g/mol. The number of aromatic hydroxyl groups is 1. The van der Waals surface area contributed by atoms with Gasteiger partial charge in [0.25, 0.3) is 0 Å². The number of phenols is 1. The van der Waals surface area contributed by atoms with Crippen LogP contribution in [-0.4, -0.2) is 90.8 Å². The van der Waals surface area contributed by atoms with E-state index >= 15 is 0 Å². The first-order valence-corrected chi connectivity index (χ1v) is 11.0. The Labute approximate surface area is 210 Å². The number of aromatic amines is 1. The molecule has 0 saturated carbocycles. The number of nitrogens with two attached hydrogens (primary N) is 1. The van der Waals surface area contributed by atoms with Gasteiger partial charge in [-0.25, -0.2) is 9.78 Å². The molecule has 10 N–H and O–H groups in total. The second-order valence-electron chi connectivity index (χ2n) is 8.06. The number of hydrogen-bond acceptors (Lipinski definition) is 9. The van der Waals surface area contributed by atoms with E-state index in [0.717, 1.165) is 0 Å². The zero-order valence-electron chi connectivity index (χ0n) is 19.5. The third kappa shape index (κ3) is 9.23. The Morgan fingerprint density at radius 1 is 0.892 bits per heavy atom. The number of amides is 3. The standard InChI is InChI=1S/C22H28N6O9/c23-14(9-29)19(33)26-16(6-12-8-24-10-25-12)21(35)27-15(5-11-1-3-13(30)4-2-11)20(34)28-17(22(36)37)7-18(31)32/h1-4,8,10,14-17,29-30H,5-7,9,23H2,(H,24,25)(H,26,33)(H,27,35)(H,28,34)(H,31,32)(H,36,37). The van der Waals surface area contributed by atoms with E-state index in [9.17, 15) is 34.2 Å². The molecule has 0 bridgehead atoms. The van der Waals surface area contributed by atoms with Crippen molar-refractivity contribution in [3.63, 3.8) is 0 Å². The molecule has 0 radical (unpaired) electrons. The summed E-state index contributed by atoms with van der Waals surface area (Å²) in [6.07, 6.45) is 1.58. The second-order valence-corrected chi connectivity index (χ2v) is 8.06. The van der Waals surface area contributed by atoms with Crippen molar-refractivity contribution in [2.45, 2.75) is 43.4 Å². The number of phenolic OH excluding ortho intramolecular Hbond substituents is 1. The molecule has 0 aliphatic heterocycles. The van der Waals surface area contributed by atoms with Crippen molar-refractivity contribution in [2.75, 3.05) is 6.61 Å². The number of rotatable bonds is 14. The number of carbonyl (C=O) groups excluding carboxylic acids is 3. The van der Waals surface area contributed by atoms with Crippen LogP contribution in [0.25, 0.3) is 0 Å². The Hall–Kier alpha value is -4.50. The minimum Gasteiger partial charge on any atom is -0.508 e. The van der Waals surface area contributed by atoms with Gasteiger partial charge in [0.1, 0.15) is 29.9 Å². The minimum atomic E-state index is -1.77. The van der Waals surface area contributed by atoms with Gasteiger partial charge in [0.05, 0.1) is 19.4 Å². The van der Waals surface area contributed by atoms with Gasteiger partial charge >= 0.3 is 11.9 Å². The van der Waals surface area contributed by atoms with Crippen LogP contribution in [0, 0.1) is 0 Å². The SMILES string of the molecule is NC(CO)C(=O)NC(Cc1cnc[nH]1)C(=O)NC(Cc1ccc(O)cc1)C(=O)NC(CC(=O)O)C(=O)O. The Kier molecular flexibility index (Phi) is 10.5. The van der Waals surface area contributed by atoms with E-state index in [-0.39, 0.29) is 18.6 Å². The van der Waals surface area contributed by atoms with Crippen LogP contribution in [0.1, 0.15) is 17.7 Å². The van der Waals surface area contributed by atoms with Crippen LogP contribution in [0.4, 0.5) is 0 Å². The van der Waals surface area contributed by atoms with Crippen molar-refractivity contribution in [3.8, 4) is 5.75 Å². The van der Waals surface area contributed by atoms with Crippen molar-refractivity contribution < 1.29 is 44.4 Å². The summed E-state index contributed by atoms with van der Waals surface area (Å²) in [7, 11) is 0. The summed E-state index contributed by atoms with van der Waals surface area (Å²) < 4.78 is 0. The van der Waals surface area contributed by atoms with Crippen LogP contribution in [0.2, 0.25) is 0 Å². The number of benzene rings is 1. The van der Waals surface area contributed by atoms with Crippen molar-refractivity contribution in [1.29, 1.82) is 0 Å². The molecule has 3 amide bonds. The quantitative estimate of drug-likeness (QED) is 0.123. The summed E-state index contributed by atoms with van der Waals surface area (Å²) in [6.45, 7) is -0.684. The molecule has 1 heterocycles. The summed E-state index contributed by atoms with van der Waals surface area (Å²) in [6, 6.07) is -0.152. The van der Waals surface area contributed by atoms with E-state index < -0.39 is 66.9 Å². The Morgan fingerprint density at radius 3 is 1.97 bits per heavy atom. The first-order valence-electron chi connectivity index (χ1n) is 11.0. The monoisotopic (exact) mass is 520 g/mol. The lowest BCUT2D eigenvalue weighted by atomic mass is 10.0. The molecular formula is C22H28N6O9. The molecule has 0 spiro atoms. The number of aliphatic carboxylic acids is 2. The summed E-state index contributed by atoms with van der Waals surface area (Å²) in [5.74, 6) is -5.79. The first kappa shape index (κ1) is 28.7. The Morgan fingerprint density at radius 2 is 1.46 bits per heavy atom. The number of carboxylic acid groups (broad SMARTS) is 2. The number of H-pyrrole nitrogens is 1. The molecule has 0 fully saturated rings. The Balaban J connectivity index is 2.29. The number of nitrogens with one attached hydrogen (secondary N) is 4. The number of nitrogens with zero attached hydrogens (tertiary/aromatic N) is 1. The smallest absolute Gasteiger partial charge is 0.326 e.